The molecule has 0 radical (unpaired) electrons. The maximum Gasteiger partial charge on any atom is 0.287 e. The van der Waals surface area contributed by atoms with Crippen molar-refractivity contribution in [1.29, 1.82) is 0 Å². The minimum Gasteiger partial charge on any atom is -0.372 e. The highest BCUT2D eigenvalue weighted by atomic mass is 16.2. The minimum atomic E-state index is -1.11. The summed E-state index contributed by atoms with van der Waals surface area (Å²) in [6.45, 7) is 2.16. The summed E-state index contributed by atoms with van der Waals surface area (Å²) in [5, 5.41) is 7.34. The summed E-state index contributed by atoms with van der Waals surface area (Å²) in [7, 11) is 0. The zero-order valence-electron chi connectivity index (χ0n) is 21.5. The molecule has 0 aliphatic carbocycles. The number of primary amides is 1. The highest BCUT2D eigenvalue weighted by Gasteiger charge is 2.27. The Balaban J connectivity index is 1.36. The van der Waals surface area contributed by atoms with E-state index in [2.05, 4.69) is 32.4 Å². The number of hydrogen-bond donors (Lipinski definition) is 2. The van der Waals surface area contributed by atoms with Crippen LogP contribution in [0.1, 0.15) is 35.2 Å². The minimum absolute atomic E-state index is 0.128. The number of aromatic nitrogens is 3. The molecule has 1 aliphatic heterocycles. The maximum absolute atomic E-state index is 13.3. The molecule has 1 fully saturated rings. The number of hydrogen-bond acceptors (Lipinski definition) is 6. The van der Waals surface area contributed by atoms with E-state index in [0.717, 1.165) is 29.9 Å². The molecule has 1 saturated heterocycles. The normalized spacial score (nSPS) is 14.0. The molecular formula is C30H30N6O3. The second-order valence-corrected chi connectivity index (χ2v) is 9.56. The van der Waals surface area contributed by atoms with E-state index in [1.807, 2.05) is 48.5 Å². The fraction of sp³-hybridized carbons (Fsp3) is 0.233. The van der Waals surface area contributed by atoms with Gasteiger partial charge in [0.15, 0.2) is 5.82 Å². The standard InChI is InChI=1S/C30H30N6O3/c31-28(38)27(37)26(20-21-8-3-1-4-9-21)33-30(39)24-10-7-16-32-29(24)36-19-15-25(34-36)22-11-13-23(14-12-22)35-17-5-2-6-18-35/h1,3-4,7-16,19,26H,2,5-6,17-18,20H2,(H2,31,38)(H,33,39). The number of carbonyl (C=O) groups excluding carboxylic acids is 3. The summed E-state index contributed by atoms with van der Waals surface area (Å²) >= 11 is 0. The van der Waals surface area contributed by atoms with Crippen molar-refractivity contribution in [2.75, 3.05) is 18.0 Å². The summed E-state index contributed by atoms with van der Waals surface area (Å²) in [6.07, 6.45) is 7.16. The summed E-state index contributed by atoms with van der Waals surface area (Å²) in [6, 6.07) is 21.4. The maximum atomic E-state index is 13.3. The van der Waals surface area contributed by atoms with E-state index in [4.69, 9.17) is 5.73 Å². The Bertz CT molecular complexity index is 1460. The van der Waals surface area contributed by atoms with Crippen molar-refractivity contribution in [3.05, 3.63) is 96.3 Å². The SMILES string of the molecule is NC(=O)C(=O)C(Cc1ccccc1)NC(=O)c1cccnc1-n1ccc(-c2ccc(N3CCCCC3)cc2)n1. The van der Waals surface area contributed by atoms with Crippen LogP contribution in [0.15, 0.2) is 85.2 Å². The molecule has 9 heteroatoms. The van der Waals surface area contributed by atoms with Gasteiger partial charge in [0.25, 0.3) is 11.8 Å². The van der Waals surface area contributed by atoms with Crippen LogP contribution in [0.3, 0.4) is 0 Å². The third-order valence-electron chi connectivity index (χ3n) is 6.87. The van der Waals surface area contributed by atoms with E-state index in [9.17, 15) is 14.4 Å². The molecule has 2 aromatic carbocycles. The lowest BCUT2D eigenvalue weighted by molar-refractivity contribution is -0.137. The van der Waals surface area contributed by atoms with Crippen LogP contribution in [0.4, 0.5) is 5.69 Å². The Labute approximate surface area is 226 Å². The Hall–Kier alpha value is -4.79. The third-order valence-corrected chi connectivity index (χ3v) is 6.87. The highest BCUT2D eigenvalue weighted by Crippen LogP contribution is 2.25. The molecule has 39 heavy (non-hydrogen) atoms. The number of rotatable bonds is 9. The predicted molar refractivity (Wildman–Crippen MR) is 148 cm³/mol. The molecule has 0 saturated carbocycles. The first kappa shape index (κ1) is 25.8. The monoisotopic (exact) mass is 522 g/mol. The van der Waals surface area contributed by atoms with Gasteiger partial charge < -0.3 is 16.0 Å². The van der Waals surface area contributed by atoms with Crippen molar-refractivity contribution < 1.29 is 14.4 Å². The lowest BCUT2D eigenvalue weighted by atomic mass is 10.0. The molecule has 3 N–H and O–H groups in total. The van der Waals surface area contributed by atoms with Crippen LogP contribution in [0, 0.1) is 0 Å². The molecule has 1 atom stereocenters. The lowest BCUT2D eigenvalue weighted by Crippen LogP contribution is -2.47. The van der Waals surface area contributed by atoms with Crippen LogP contribution in [0.5, 0.6) is 0 Å². The Kier molecular flexibility index (Phi) is 7.77. The zero-order chi connectivity index (χ0) is 27.2. The molecule has 9 nitrogen and oxygen atoms in total. The topological polar surface area (TPSA) is 123 Å². The zero-order valence-corrected chi connectivity index (χ0v) is 21.5. The van der Waals surface area contributed by atoms with E-state index in [-0.39, 0.29) is 12.0 Å². The number of anilines is 1. The summed E-state index contributed by atoms with van der Waals surface area (Å²) in [5.74, 6) is -2.23. The Morgan fingerprint density at radius 3 is 2.36 bits per heavy atom. The number of nitrogens with two attached hydrogens (primary N) is 1. The average molecular weight is 523 g/mol. The molecule has 2 aromatic heterocycles. The van der Waals surface area contributed by atoms with Crippen LogP contribution in [0.2, 0.25) is 0 Å². The van der Waals surface area contributed by atoms with Crippen molar-refractivity contribution in [3.8, 4) is 17.1 Å². The number of piperidine rings is 1. The number of amides is 2. The van der Waals surface area contributed by atoms with Gasteiger partial charge in [-0.05, 0) is 55.2 Å². The molecule has 0 spiro atoms. The van der Waals surface area contributed by atoms with Gasteiger partial charge in [0, 0.05) is 43.2 Å². The van der Waals surface area contributed by atoms with E-state index in [1.165, 1.54) is 29.6 Å². The van der Waals surface area contributed by atoms with Crippen molar-refractivity contribution >= 4 is 23.3 Å². The predicted octanol–water partition coefficient (Wildman–Crippen LogP) is 3.32. The van der Waals surface area contributed by atoms with Gasteiger partial charge in [0.1, 0.15) is 6.04 Å². The van der Waals surface area contributed by atoms with E-state index >= 15 is 0 Å². The number of nitrogens with one attached hydrogen (secondary N) is 1. The fourth-order valence-electron chi connectivity index (χ4n) is 4.81. The summed E-state index contributed by atoms with van der Waals surface area (Å²) < 4.78 is 1.53. The number of carbonyl (C=O) groups is 3. The van der Waals surface area contributed by atoms with E-state index in [1.54, 1.807) is 24.5 Å². The smallest absolute Gasteiger partial charge is 0.287 e. The molecule has 198 valence electrons. The van der Waals surface area contributed by atoms with Gasteiger partial charge in [-0.1, -0.05) is 42.5 Å². The quantitative estimate of drug-likeness (QED) is 0.325. The van der Waals surface area contributed by atoms with Crippen molar-refractivity contribution in [3.63, 3.8) is 0 Å². The second kappa shape index (κ2) is 11.7. The molecular weight excluding hydrogens is 492 g/mol. The van der Waals surface area contributed by atoms with Gasteiger partial charge in [-0.25, -0.2) is 9.67 Å². The number of pyridine rings is 1. The van der Waals surface area contributed by atoms with Crippen LogP contribution in [0.25, 0.3) is 17.1 Å². The fourth-order valence-corrected chi connectivity index (χ4v) is 4.81. The van der Waals surface area contributed by atoms with Crippen molar-refractivity contribution in [2.45, 2.75) is 31.7 Å². The Morgan fingerprint density at radius 2 is 1.64 bits per heavy atom. The van der Waals surface area contributed by atoms with Crippen LogP contribution >= 0.6 is 0 Å². The summed E-state index contributed by atoms with van der Waals surface area (Å²) in [5.41, 5.74) is 9.16. The first-order valence-corrected chi connectivity index (χ1v) is 13.0. The molecule has 0 bridgehead atoms. The molecule has 2 amide bonds. The van der Waals surface area contributed by atoms with Gasteiger partial charge >= 0.3 is 0 Å². The average Bonchev–Trinajstić information content (AvgIpc) is 3.48. The van der Waals surface area contributed by atoms with Gasteiger partial charge in [-0.15, -0.1) is 0 Å². The number of nitrogens with zero attached hydrogens (tertiary/aromatic N) is 4. The molecule has 3 heterocycles. The van der Waals surface area contributed by atoms with Crippen molar-refractivity contribution in [2.24, 2.45) is 5.73 Å². The molecule has 1 aliphatic rings. The highest BCUT2D eigenvalue weighted by molar-refractivity contribution is 6.38. The largest absolute Gasteiger partial charge is 0.372 e. The first-order chi connectivity index (χ1) is 19.0. The van der Waals surface area contributed by atoms with Gasteiger partial charge in [-0.3, -0.25) is 14.4 Å². The number of ketones is 1. The van der Waals surface area contributed by atoms with Gasteiger partial charge in [0.05, 0.1) is 11.3 Å². The van der Waals surface area contributed by atoms with Crippen LogP contribution in [-0.2, 0) is 16.0 Å². The molecule has 4 aromatic rings. The number of Topliss-reactive ketones (excluding diaryl/α,β-unsaturated/α-hetero) is 1. The second-order valence-electron chi connectivity index (χ2n) is 9.56. The van der Waals surface area contributed by atoms with Gasteiger partial charge in [0.2, 0.25) is 5.78 Å². The molecule has 5 rings (SSSR count). The number of benzene rings is 2. The summed E-state index contributed by atoms with van der Waals surface area (Å²) in [4.78, 5) is 44.3. The Morgan fingerprint density at radius 1 is 0.897 bits per heavy atom. The lowest BCUT2D eigenvalue weighted by Gasteiger charge is -2.28. The molecule has 1 unspecified atom stereocenters. The van der Waals surface area contributed by atoms with Gasteiger partial charge in [-0.2, -0.15) is 5.10 Å². The van der Waals surface area contributed by atoms with E-state index in [0.29, 0.717) is 5.82 Å². The third kappa shape index (κ3) is 6.04. The van der Waals surface area contributed by atoms with Crippen LogP contribution in [-0.4, -0.2) is 51.5 Å². The van der Waals surface area contributed by atoms with E-state index < -0.39 is 23.6 Å². The first-order valence-electron chi connectivity index (χ1n) is 13.0. The van der Waals surface area contributed by atoms with Crippen molar-refractivity contribution in [1.82, 2.24) is 20.1 Å². The van der Waals surface area contributed by atoms with Crippen LogP contribution < -0.4 is 16.0 Å².